The first-order chi connectivity index (χ1) is 9.18. The summed E-state index contributed by atoms with van der Waals surface area (Å²) in [5.74, 6) is -0.0552. The largest absolute Gasteiger partial charge is 0.469 e. The lowest BCUT2D eigenvalue weighted by molar-refractivity contribution is -0.227. The van der Waals surface area contributed by atoms with E-state index >= 15 is 0 Å². The van der Waals surface area contributed by atoms with Crippen molar-refractivity contribution in [1.29, 1.82) is 0 Å². The SMILES string of the molecule is COC(=O)CC=C1OC(C)(OC(C)C)CCCC1(C)C. The molecule has 0 N–H and O–H groups in total. The molecule has 1 fully saturated rings. The molecule has 1 heterocycles. The Kier molecular flexibility index (Phi) is 5.63. The average molecular weight is 284 g/mol. The van der Waals surface area contributed by atoms with Crippen molar-refractivity contribution in [2.45, 2.75) is 72.2 Å². The zero-order valence-electron chi connectivity index (χ0n) is 13.6. The van der Waals surface area contributed by atoms with Gasteiger partial charge in [0, 0.05) is 18.8 Å². The number of allylic oxidation sites excluding steroid dienone is 1. The molecule has 4 nitrogen and oxygen atoms in total. The van der Waals surface area contributed by atoms with Gasteiger partial charge in [0.2, 0.25) is 5.79 Å². The molecule has 1 atom stereocenters. The summed E-state index contributed by atoms with van der Waals surface area (Å²) in [5, 5.41) is 0. The fourth-order valence-electron chi connectivity index (χ4n) is 2.56. The summed E-state index contributed by atoms with van der Waals surface area (Å²) in [4.78, 5) is 11.3. The van der Waals surface area contributed by atoms with Gasteiger partial charge in [0.1, 0.15) is 5.76 Å². The van der Waals surface area contributed by atoms with E-state index in [0.29, 0.717) is 0 Å². The van der Waals surface area contributed by atoms with Crippen molar-refractivity contribution in [1.82, 2.24) is 0 Å². The Bertz CT molecular complexity index is 371. The van der Waals surface area contributed by atoms with Crippen LogP contribution < -0.4 is 0 Å². The Labute approximate surface area is 122 Å². The Balaban J connectivity index is 2.93. The number of ether oxygens (including phenoxy) is 3. The molecule has 0 saturated carbocycles. The molecule has 0 spiro atoms. The van der Waals surface area contributed by atoms with E-state index in [1.807, 2.05) is 26.8 Å². The molecule has 0 aliphatic carbocycles. The highest BCUT2D eigenvalue weighted by atomic mass is 16.7. The molecule has 1 saturated heterocycles. The predicted molar refractivity (Wildman–Crippen MR) is 78.1 cm³/mol. The maximum atomic E-state index is 11.3. The van der Waals surface area contributed by atoms with E-state index in [9.17, 15) is 4.79 Å². The first-order valence-corrected chi connectivity index (χ1v) is 7.33. The summed E-state index contributed by atoms with van der Waals surface area (Å²) in [7, 11) is 1.39. The molecule has 1 aliphatic rings. The standard InChI is InChI=1S/C16H28O4/c1-12(2)19-16(5)11-7-10-15(3,4)13(20-16)8-9-14(17)18-6/h8,12H,7,9-11H2,1-6H3. The number of rotatable bonds is 4. The van der Waals surface area contributed by atoms with Crippen molar-refractivity contribution in [2.75, 3.05) is 7.11 Å². The summed E-state index contributed by atoms with van der Waals surface area (Å²) in [6.45, 7) is 10.2. The maximum absolute atomic E-state index is 11.3. The second-order valence-corrected chi connectivity index (χ2v) is 6.49. The van der Waals surface area contributed by atoms with Gasteiger partial charge in [-0.05, 0) is 32.8 Å². The Hall–Kier alpha value is -1.03. The molecule has 1 rings (SSSR count). The topological polar surface area (TPSA) is 44.8 Å². The number of hydrogen-bond acceptors (Lipinski definition) is 4. The van der Waals surface area contributed by atoms with Gasteiger partial charge in [0.05, 0.1) is 19.6 Å². The van der Waals surface area contributed by atoms with Crippen LogP contribution in [0.4, 0.5) is 0 Å². The normalized spacial score (nSPS) is 28.1. The fraction of sp³-hybridized carbons (Fsp3) is 0.812. The van der Waals surface area contributed by atoms with E-state index in [0.717, 1.165) is 25.0 Å². The quantitative estimate of drug-likeness (QED) is 0.737. The van der Waals surface area contributed by atoms with Gasteiger partial charge in [-0.15, -0.1) is 0 Å². The lowest BCUT2D eigenvalue weighted by Crippen LogP contribution is -2.35. The minimum atomic E-state index is -0.621. The van der Waals surface area contributed by atoms with E-state index in [4.69, 9.17) is 9.47 Å². The monoisotopic (exact) mass is 284 g/mol. The number of hydrogen-bond donors (Lipinski definition) is 0. The third-order valence-electron chi connectivity index (χ3n) is 3.59. The Morgan fingerprint density at radius 1 is 1.35 bits per heavy atom. The third kappa shape index (κ3) is 4.82. The van der Waals surface area contributed by atoms with E-state index < -0.39 is 5.79 Å². The highest BCUT2D eigenvalue weighted by Crippen LogP contribution is 2.42. The van der Waals surface area contributed by atoms with Crippen LogP contribution in [-0.2, 0) is 19.0 Å². The van der Waals surface area contributed by atoms with E-state index in [-0.39, 0.29) is 23.9 Å². The third-order valence-corrected chi connectivity index (χ3v) is 3.59. The zero-order chi connectivity index (χ0) is 15.4. The van der Waals surface area contributed by atoms with Gasteiger partial charge in [0.15, 0.2) is 0 Å². The lowest BCUT2D eigenvalue weighted by Gasteiger charge is -2.34. The van der Waals surface area contributed by atoms with Gasteiger partial charge in [-0.1, -0.05) is 13.8 Å². The summed E-state index contributed by atoms with van der Waals surface area (Å²) in [5.41, 5.74) is -0.0911. The van der Waals surface area contributed by atoms with E-state index in [1.165, 1.54) is 7.11 Å². The molecule has 20 heavy (non-hydrogen) atoms. The molecule has 0 aromatic carbocycles. The van der Waals surface area contributed by atoms with Crippen LogP contribution in [0.1, 0.15) is 60.3 Å². The molecule has 0 aromatic rings. The van der Waals surface area contributed by atoms with Gasteiger partial charge in [-0.3, -0.25) is 4.79 Å². The molecule has 0 bridgehead atoms. The van der Waals surface area contributed by atoms with E-state index in [2.05, 4.69) is 18.6 Å². The van der Waals surface area contributed by atoms with Crippen molar-refractivity contribution >= 4 is 5.97 Å². The van der Waals surface area contributed by atoms with Crippen molar-refractivity contribution in [3.8, 4) is 0 Å². The highest BCUT2D eigenvalue weighted by molar-refractivity contribution is 5.71. The Morgan fingerprint density at radius 3 is 2.55 bits per heavy atom. The van der Waals surface area contributed by atoms with Crippen molar-refractivity contribution in [3.63, 3.8) is 0 Å². The summed E-state index contributed by atoms with van der Waals surface area (Å²) in [6, 6.07) is 0. The average Bonchev–Trinajstić information content (AvgIpc) is 2.42. The second-order valence-electron chi connectivity index (χ2n) is 6.49. The second kappa shape index (κ2) is 6.61. The number of esters is 1. The molecule has 0 radical (unpaired) electrons. The number of methoxy groups -OCH3 is 1. The number of carbonyl (C=O) groups is 1. The van der Waals surface area contributed by atoms with Crippen LogP contribution in [0.25, 0.3) is 0 Å². The summed E-state index contributed by atoms with van der Waals surface area (Å²) >= 11 is 0. The van der Waals surface area contributed by atoms with Crippen LogP contribution in [0.2, 0.25) is 0 Å². The lowest BCUT2D eigenvalue weighted by atomic mass is 9.85. The van der Waals surface area contributed by atoms with Crippen LogP contribution >= 0.6 is 0 Å². The van der Waals surface area contributed by atoms with Gasteiger partial charge in [-0.2, -0.15) is 0 Å². The van der Waals surface area contributed by atoms with Gasteiger partial charge in [0.25, 0.3) is 0 Å². The van der Waals surface area contributed by atoms with Crippen molar-refractivity contribution in [2.24, 2.45) is 5.41 Å². The molecule has 1 unspecified atom stereocenters. The van der Waals surface area contributed by atoms with Crippen LogP contribution in [0.3, 0.4) is 0 Å². The maximum Gasteiger partial charge on any atom is 0.309 e. The van der Waals surface area contributed by atoms with Crippen LogP contribution in [0.15, 0.2) is 11.8 Å². The molecule has 0 aromatic heterocycles. The van der Waals surface area contributed by atoms with Crippen molar-refractivity contribution in [3.05, 3.63) is 11.8 Å². The van der Waals surface area contributed by atoms with E-state index in [1.54, 1.807) is 0 Å². The van der Waals surface area contributed by atoms with Crippen LogP contribution in [0.5, 0.6) is 0 Å². The molecular weight excluding hydrogens is 256 g/mol. The van der Waals surface area contributed by atoms with Crippen LogP contribution in [0, 0.1) is 5.41 Å². The molecule has 116 valence electrons. The van der Waals surface area contributed by atoms with Crippen LogP contribution in [-0.4, -0.2) is 25.0 Å². The van der Waals surface area contributed by atoms with Gasteiger partial charge in [-0.25, -0.2) is 0 Å². The molecule has 4 heteroatoms. The predicted octanol–water partition coefficient (Wildman–Crippen LogP) is 3.80. The number of carbonyl (C=O) groups excluding carboxylic acids is 1. The minimum Gasteiger partial charge on any atom is -0.469 e. The highest BCUT2D eigenvalue weighted by Gasteiger charge is 2.38. The summed E-state index contributed by atoms with van der Waals surface area (Å²) in [6.07, 6.45) is 5.06. The minimum absolute atomic E-state index is 0.0911. The van der Waals surface area contributed by atoms with Gasteiger partial charge < -0.3 is 14.2 Å². The summed E-state index contributed by atoms with van der Waals surface area (Å²) < 4.78 is 16.8. The molecule has 0 amide bonds. The first kappa shape index (κ1) is 17.0. The Morgan fingerprint density at radius 2 is 2.00 bits per heavy atom. The van der Waals surface area contributed by atoms with Gasteiger partial charge >= 0.3 is 5.97 Å². The van der Waals surface area contributed by atoms with Crippen molar-refractivity contribution < 1.29 is 19.0 Å². The molecular formula is C16H28O4. The fourth-order valence-corrected chi connectivity index (χ4v) is 2.56. The first-order valence-electron chi connectivity index (χ1n) is 7.33. The zero-order valence-corrected chi connectivity index (χ0v) is 13.6. The molecule has 1 aliphatic heterocycles. The smallest absolute Gasteiger partial charge is 0.309 e.